The Bertz CT molecular complexity index is 7460. The van der Waals surface area contributed by atoms with Gasteiger partial charge in [0.05, 0.1) is 78.7 Å². The molecule has 2 aliphatic heterocycles. The van der Waals surface area contributed by atoms with E-state index < -0.39 is 0 Å². The van der Waals surface area contributed by atoms with Crippen LogP contribution in [0.25, 0.3) is 180 Å². The van der Waals surface area contributed by atoms with E-state index in [1.165, 1.54) is 66.8 Å². The Morgan fingerprint density at radius 1 is 0.236 bits per heavy atom. The molecule has 614 valence electrons. The van der Waals surface area contributed by atoms with Crippen molar-refractivity contribution < 1.29 is 19.5 Å². The maximum atomic E-state index is 5.79. The summed E-state index contributed by atoms with van der Waals surface area (Å²) in [6.07, 6.45) is 8.62. The summed E-state index contributed by atoms with van der Waals surface area (Å²) in [5.74, 6) is 14.8. The van der Waals surface area contributed by atoms with Crippen molar-refractivity contribution in [1.82, 2.24) is 39.9 Å². The van der Waals surface area contributed by atoms with Gasteiger partial charge in [-0.15, -0.1) is 22.1 Å². The molecule has 19 rings (SSSR count). The van der Waals surface area contributed by atoms with Crippen LogP contribution in [-0.4, -0.2) is 29.9 Å². The number of hydrogen-bond acceptors (Lipinski definition) is 6. The summed E-state index contributed by atoms with van der Waals surface area (Å²) in [5, 5.41) is 3.98. The fourth-order valence-electron chi connectivity index (χ4n) is 20.0. The van der Waals surface area contributed by atoms with Gasteiger partial charge in [-0.05, 0) is 345 Å². The Labute approximate surface area is 773 Å². The maximum Gasteiger partial charge on any atom is 2.00 e. The van der Waals surface area contributed by atoms with Crippen molar-refractivity contribution in [3.63, 3.8) is 0 Å². The molecule has 127 heavy (non-hydrogen) atoms. The van der Waals surface area contributed by atoms with Gasteiger partial charge in [-0.2, -0.15) is 0 Å². The van der Waals surface area contributed by atoms with E-state index in [0.29, 0.717) is 0 Å². The van der Waals surface area contributed by atoms with Crippen molar-refractivity contribution in [2.75, 3.05) is 0 Å². The fourth-order valence-corrected chi connectivity index (χ4v) is 21.1. The number of rotatable bonds is 8. The fraction of sp³-hybridized carbons (Fsp3) is 0.172. The first kappa shape index (κ1) is 85.0. The number of pyridine rings is 4. The molecule has 0 saturated heterocycles. The number of benzene rings is 10. The number of nitrogens with zero attached hydrogens (tertiary/aromatic N) is 8. The zero-order chi connectivity index (χ0) is 88.0. The van der Waals surface area contributed by atoms with Crippen molar-refractivity contribution in [2.24, 2.45) is 0 Å². The summed E-state index contributed by atoms with van der Waals surface area (Å²) in [4.78, 5) is 45.4. The van der Waals surface area contributed by atoms with Gasteiger partial charge in [-0.1, -0.05) is 211 Å². The molecule has 0 unspecified atom stereocenters. The summed E-state index contributed by atoms with van der Waals surface area (Å²) >= 11 is 7.93. The zero-order valence-electron chi connectivity index (χ0n) is 75.7. The van der Waals surface area contributed by atoms with Crippen LogP contribution in [0.4, 0.5) is 0 Å². The molecule has 0 atom stereocenters. The van der Waals surface area contributed by atoms with E-state index in [1.807, 2.05) is 0 Å². The van der Waals surface area contributed by atoms with Crippen LogP contribution < -0.4 is 9.97 Å². The maximum absolute atomic E-state index is 5.79. The minimum atomic E-state index is 0. The number of halogens is 2. The van der Waals surface area contributed by atoms with Crippen LogP contribution in [0.2, 0.25) is 0 Å². The predicted molar refractivity (Wildman–Crippen MR) is 536 cm³/mol. The van der Waals surface area contributed by atoms with Crippen molar-refractivity contribution in [1.29, 1.82) is 0 Å². The molecule has 0 saturated carbocycles. The summed E-state index contributed by atoms with van der Waals surface area (Å²) < 4.78 is 2.21. The molecule has 17 aromatic rings. The van der Waals surface area contributed by atoms with Crippen molar-refractivity contribution in [3.05, 3.63) is 347 Å². The first-order valence-corrected chi connectivity index (χ1v) is 44.7. The van der Waals surface area contributed by atoms with E-state index in [-0.39, 0.29) is 19.5 Å². The Morgan fingerprint density at radius 2 is 0.504 bits per heavy atom. The van der Waals surface area contributed by atoms with E-state index in [2.05, 4.69) is 400 Å². The van der Waals surface area contributed by atoms with Crippen LogP contribution >= 0.6 is 31.9 Å². The molecular weight excluding hydrogens is 1730 g/mol. The summed E-state index contributed by atoms with van der Waals surface area (Å²) in [6, 6.07) is 65.5. The van der Waals surface area contributed by atoms with Gasteiger partial charge in [0.2, 0.25) is 0 Å². The van der Waals surface area contributed by atoms with Crippen LogP contribution in [0, 0.1) is 162 Å². The molecule has 7 aromatic heterocycles. The second-order valence-corrected chi connectivity index (χ2v) is 36.7. The van der Waals surface area contributed by atoms with Crippen LogP contribution in [0.5, 0.6) is 0 Å². The molecule has 9 heterocycles. The molecule has 0 N–H and O–H groups in total. The van der Waals surface area contributed by atoms with Gasteiger partial charge in [0.25, 0.3) is 0 Å². The Balaban J connectivity index is 0.0000109. The monoisotopic (exact) mass is 1820 g/mol. The topological polar surface area (TPSA) is 106 Å². The molecule has 2 aliphatic rings. The standard InChI is InChI=1S/C116H94Br2N8.Zn/c1-59-49-63(5)99(64(6)50-59)89-39-37-83-33-35-87-57-85(111(125-115(87)113(83)123-89)103-71(13)75(17)109(117)76(18)72(103)14)31-25-79-21-27-81(28-22-79)105-91-41-42-92(119-91)106(94-44-46-96(121-94)108(102-69(11)55-62(4)56-70(102)12)98-48-47-97(122-98)107(95-45-43-93(105)120-95)101-67(9)53-61(3)54-68(101)10)82-29-23-80(24-30-82)26-32-86-58-88-36-34-84-38-40-90(100-65(7)51-60(2)52-66(100)8)124-114(84)116(88)126-112(86)104-73(15)77(19)110(118)78(20)74(104)16;/h21-24,27-30,33-58H,1-20H3;/q-2;+2. The van der Waals surface area contributed by atoms with Gasteiger partial charge >= 0.3 is 19.5 Å². The van der Waals surface area contributed by atoms with Crippen molar-refractivity contribution >= 4 is 122 Å². The number of aryl methyl sites for hydroxylation is 12. The smallest absolute Gasteiger partial charge is 0.657 e. The molecule has 11 heteroatoms. The van der Waals surface area contributed by atoms with Crippen LogP contribution in [-0.2, 0) is 19.5 Å². The van der Waals surface area contributed by atoms with Gasteiger partial charge in [0, 0.05) is 63.9 Å². The summed E-state index contributed by atoms with van der Waals surface area (Å²) in [6.45, 7) is 43.7. The minimum Gasteiger partial charge on any atom is -0.657 e. The Hall–Kier alpha value is -12.9. The Morgan fingerprint density at radius 3 is 0.819 bits per heavy atom. The molecule has 0 spiro atoms. The largest absolute Gasteiger partial charge is 2.00 e. The van der Waals surface area contributed by atoms with Gasteiger partial charge in [0.1, 0.15) is 0 Å². The summed E-state index contributed by atoms with van der Waals surface area (Å²) in [5.41, 5.74) is 52.1. The summed E-state index contributed by atoms with van der Waals surface area (Å²) in [7, 11) is 0. The van der Waals surface area contributed by atoms with E-state index in [4.69, 9.17) is 39.9 Å². The van der Waals surface area contributed by atoms with E-state index in [9.17, 15) is 0 Å². The van der Waals surface area contributed by atoms with Crippen LogP contribution in [0.3, 0.4) is 0 Å². The SMILES string of the molecule is Cc1cc(C)c(-c2ccc3ccc4cc(C#Cc5ccc(-c6c7nc(c(-c8c(C)cc(C)cc8C)c8ccc([n-]8)c(-c8c(C)cc(C)cc8C)c8nc(c(-c9ccc(C#Cc%10cc%11ccc%12ccc(-c%13c(C)cc(C)cc%13C)nc%12c%11nc%10-c%10c(C)c(C)c(Br)c(C)c%10C)cc9)c9ccc6[n-]9)C=C8)C=C7)cc5)c(-c5c(C)c(C)c(Br)c(C)c5C)nc4c3n2)c(C)c1.[Zn+2]. The molecule has 0 aliphatic carbocycles. The number of aromatic nitrogens is 8. The molecule has 8 bridgehead atoms. The molecule has 8 nitrogen and oxygen atoms in total. The Kier molecular flexibility index (Phi) is 22.2. The van der Waals surface area contributed by atoms with Gasteiger partial charge in [-0.3, -0.25) is 0 Å². The minimum absolute atomic E-state index is 0. The molecular formula is C116H94Br2N8Zn. The molecule has 0 amide bonds. The normalized spacial score (nSPS) is 11.8. The van der Waals surface area contributed by atoms with Crippen molar-refractivity contribution in [3.8, 4) is 113 Å². The van der Waals surface area contributed by atoms with E-state index >= 15 is 0 Å². The second-order valence-electron chi connectivity index (χ2n) is 35.1. The molecule has 0 radical (unpaired) electrons. The van der Waals surface area contributed by atoms with Crippen molar-refractivity contribution in [2.45, 2.75) is 138 Å². The first-order valence-electron chi connectivity index (χ1n) is 43.2. The predicted octanol–water partition coefficient (Wildman–Crippen LogP) is 29.9. The third kappa shape index (κ3) is 15.0. The van der Waals surface area contributed by atoms with Gasteiger partial charge in [-0.25, -0.2) is 29.9 Å². The molecule has 0 fully saturated rings. The number of hydrogen-bond donors (Lipinski definition) is 0. The van der Waals surface area contributed by atoms with E-state index in [0.717, 1.165) is 254 Å². The quantitative estimate of drug-likeness (QED) is 0.0842. The third-order valence-corrected chi connectivity index (χ3v) is 28.6. The van der Waals surface area contributed by atoms with Crippen LogP contribution in [0.15, 0.2) is 191 Å². The average molecular weight is 1830 g/mol. The van der Waals surface area contributed by atoms with Gasteiger partial charge in [0.15, 0.2) is 0 Å². The van der Waals surface area contributed by atoms with E-state index in [1.54, 1.807) is 0 Å². The zero-order valence-corrected chi connectivity index (χ0v) is 81.8. The van der Waals surface area contributed by atoms with Crippen LogP contribution in [0.1, 0.15) is 156 Å². The number of fused-ring (bicyclic) bond motifs is 14. The first-order chi connectivity index (χ1) is 60.5. The second kappa shape index (κ2) is 33.2. The molecule has 10 aromatic carbocycles. The average Bonchev–Trinajstić information content (AvgIpc) is 1.10. The van der Waals surface area contributed by atoms with Gasteiger partial charge < -0.3 is 9.97 Å². The third-order valence-electron chi connectivity index (χ3n) is 26.2.